The van der Waals surface area contributed by atoms with Gasteiger partial charge in [-0.3, -0.25) is 4.79 Å². The molecular formula is C12H14BrNO3S. The van der Waals surface area contributed by atoms with E-state index in [1.165, 1.54) is 6.26 Å². The first-order chi connectivity index (χ1) is 8.39. The third kappa shape index (κ3) is 2.75. The summed E-state index contributed by atoms with van der Waals surface area (Å²) in [5.74, 6) is -0.117. The molecule has 1 aromatic rings. The van der Waals surface area contributed by atoms with E-state index in [1.54, 1.807) is 23.1 Å². The van der Waals surface area contributed by atoms with E-state index < -0.39 is 15.1 Å². The Morgan fingerprint density at radius 3 is 2.61 bits per heavy atom. The molecule has 0 N–H and O–H groups in total. The van der Waals surface area contributed by atoms with E-state index in [2.05, 4.69) is 15.9 Å². The molecule has 2 rings (SSSR count). The first-order valence-electron chi connectivity index (χ1n) is 5.62. The molecule has 0 spiro atoms. The fourth-order valence-corrected chi connectivity index (χ4v) is 3.51. The Labute approximate surface area is 115 Å². The van der Waals surface area contributed by atoms with Gasteiger partial charge in [0.2, 0.25) is 0 Å². The molecule has 1 atom stereocenters. The SMILES string of the molecule is CS(=O)(=O)C1CCN(C(=O)c2ccccc2Br)C1. The van der Waals surface area contributed by atoms with Crippen molar-refractivity contribution in [2.45, 2.75) is 11.7 Å². The van der Waals surface area contributed by atoms with Gasteiger partial charge in [-0.2, -0.15) is 0 Å². The molecule has 0 bridgehead atoms. The van der Waals surface area contributed by atoms with Crippen molar-refractivity contribution in [3.63, 3.8) is 0 Å². The number of amides is 1. The normalized spacial score (nSPS) is 20.1. The average molecular weight is 332 g/mol. The summed E-state index contributed by atoms with van der Waals surface area (Å²) in [6.45, 7) is 0.789. The van der Waals surface area contributed by atoms with E-state index in [0.717, 1.165) is 4.47 Å². The second-order valence-electron chi connectivity index (χ2n) is 4.47. The van der Waals surface area contributed by atoms with Crippen LogP contribution in [-0.2, 0) is 9.84 Å². The Balaban J connectivity index is 2.16. The highest BCUT2D eigenvalue weighted by atomic mass is 79.9. The molecule has 1 aliphatic rings. The van der Waals surface area contributed by atoms with Crippen LogP contribution in [0.2, 0.25) is 0 Å². The van der Waals surface area contributed by atoms with Crippen LogP contribution in [0.5, 0.6) is 0 Å². The number of halogens is 1. The van der Waals surface area contributed by atoms with Gasteiger partial charge in [0, 0.05) is 23.8 Å². The Hall–Kier alpha value is -0.880. The fraction of sp³-hybridized carbons (Fsp3) is 0.417. The zero-order chi connectivity index (χ0) is 13.3. The minimum Gasteiger partial charge on any atom is -0.337 e. The number of sulfone groups is 1. The fourth-order valence-electron chi connectivity index (χ4n) is 2.07. The van der Waals surface area contributed by atoms with Crippen molar-refractivity contribution in [1.82, 2.24) is 4.90 Å². The van der Waals surface area contributed by atoms with Crippen LogP contribution < -0.4 is 0 Å². The first-order valence-corrected chi connectivity index (χ1v) is 8.37. The van der Waals surface area contributed by atoms with Gasteiger partial charge in [-0.25, -0.2) is 8.42 Å². The van der Waals surface area contributed by atoms with Gasteiger partial charge >= 0.3 is 0 Å². The maximum absolute atomic E-state index is 12.2. The number of hydrogen-bond acceptors (Lipinski definition) is 3. The van der Waals surface area contributed by atoms with Crippen LogP contribution in [0.25, 0.3) is 0 Å². The average Bonchev–Trinajstić information content (AvgIpc) is 2.77. The van der Waals surface area contributed by atoms with Gasteiger partial charge in [0.1, 0.15) is 0 Å². The van der Waals surface area contributed by atoms with Crippen LogP contribution in [-0.4, -0.2) is 43.8 Å². The molecular weight excluding hydrogens is 318 g/mol. The Morgan fingerprint density at radius 2 is 2.06 bits per heavy atom. The minimum atomic E-state index is -3.07. The zero-order valence-corrected chi connectivity index (χ0v) is 12.4. The number of carbonyl (C=O) groups is 1. The summed E-state index contributed by atoms with van der Waals surface area (Å²) in [5.41, 5.74) is 0.576. The van der Waals surface area contributed by atoms with E-state index in [9.17, 15) is 13.2 Å². The lowest BCUT2D eigenvalue weighted by atomic mass is 10.2. The Morgan fingerprint density at radius 1 is 1.39 bits per heavy atom. The number of nitrogens with zero attached hydrogens (tertiary/aromatic N) is 1. The van der Waals surface area contributed by atoms with Crippen molar-refractivity contribution >= 4 is 31.7 Å². The molecule has 0 aliphatic carbocycles. The number of benzene rings is 1. The summed E-state index contributed by atoms with van der Waals surface area (Å²) in [5, 5.41) is -0.427. The molecule has 18 heavy (non-hydrogen) atoms. The summed E-state index contributed by atoms with van der Waals surface area (Å²) in [4.78, 5) is 13.8. The van der Waals surface area contributed by atoms with Crippen molar-refractivity contribution in [3.8, 4) is 0 Å². The standard InChI is InChI=1S/C12H14BrNO3S/c1-18(16,17)9-6-7-14(8-9)12(15)10-4-2-3-5-11(10)13/h2-5,9H,6-8H2,1H3. The second kappa shape index (κ2) is 5.01. The second-order valence-corrected chi connectivity index (χ2v) is 7.65. The summed E-state index contributed by atoms with van der Waals surface area (Å²) in [6, 6.07) is 7.17. The highest BCUT2D eigenvalue weighted by Crippen LogP contribution is 2.22. The summed E-state index contributed by atoms with van der Waals surface area (Å²) in [7, 11) is -3.07. The lowest BCUT2D eigenvalue weighted by molar-refractivity contribution is 0.0792. The molecule has 1 amide bonds. The molecule has 4 nitrogen and oxygen atoms in total. The van der Waals surface area contributed by atoms with Crippen molar-refractivity contribution in [2.75, 3.05) is 19.3 Å². The van der Waals surface area contributed by atoms with Crippen molar-refractivity contribution < 1.29 is 13.2 Å². The quantitative estimate of drug-likeness (QED) is 0.828. The zero-order valence-electron chi connectivity index (χ0n) is 9.97. The minimum absolute atomic E-state index is 0.117. The first kappa shape index (κ1) is 13.5. The molecule has 0 aromatic heterocycles. The van der Waals surface area contributed by atoms with Gasteiger partial charge in [0.15, 0.2) is 9.84 Å². The van der Waals surface area contributed by atoms with Gasteiger partial charge in [-0.05, 0) is 34.5 Å². The van der Waals surface area contributed by atoms with Crippen LogP contribution in [0.15, 0.2) is 28.7 Å². The van der Waals surface area contributed by atoms with Crippen LogP contribution >= 0.6 is 15.9 Å². The molecule has 1 aromatic carbocycles. The van der Waals surface area contributed by atoms with Crippen LogP contribution in [0.4, 0.5) is 0 Å². The topological polar surface area (TPSA) is 54.5 Å². The van der Waals surface area contributed by atoms with E-state index in [-0.39, 0.29) is 5.91 Å². The third-order valence-electron chi connectivity index (χ3n) is 3.14. The predicted octanol–water partition coefficient (Wildman–Crippen LogP) is 1.71. The molecule has 0 radical (unpaired) electrons. The Kier molecular flexibility index (Phi) is 3.77. The predicted molar refractivity (Wildman–Crippen MR) is 73.3 cm³/mol. The number of carbonyl (C=O) groups excluding carboxylic acids is 1. The monoisotopic (exact) mass is 331 g/mol. The maximum Gasteiger partial charge on any atom is 0.255 e. The van der Waals surface area contributed by atoms with E-state index in [4.69, 9.17) is 0 Å². The summed E-state index contributed by atoms with van der Waals surface area (Å²) < 4.78 is 23.6. The molecule has 0 saturated carbocycles. The lowest BCUT2D eigenvalue weighted by Gasteiger charge is -2.16. The van der Waals surface area contributed by atoms with Crippen molar-refractivity contribution in [1.29, 1.82) is 0 Å². The molecule has 1 fully saturated rings. The number of rotatable bonds is 2. The third-order valence-corrected chi connectivity index (χ3v) is 5.43. The van der Waals surface area contributed by atoms with Gasteiger partial charge in [-0.15, -0.1) is 0 Å². The van der Waals surface area contributed by atoms with E-state index >= 15 is 0 Å². The molecule has 1 unspecified atom stereocenters. The highest BCUT2D eigenvalue weighted by molar-refractivity contribution is 9.10. The Bertz CT molecular complexity index is 570. The summed E-state index contributed by atoms with van der Waals surface area (Å²) >= 11 is 3.33. The van der Waals surface area contributed by atoms with Crippen LogP contribution in [0.1, 0.15) is 16.8 Å². The molecule has 1 saturated heterocycles. The number of hydrogen-bond donors (Lipinski definition) is 0. The van der Waals surface area contributed by atoms with Crippen LogP contribution in [0, 0.1) is 0 Å². The lowest BCUT2D eigenvalue weighted by Crippen LogP contribution is -2.31. The number of likely N-dealkylation sites (tertiary alicyclic amines) is 1. The van der Waals surface area contributed by atoms with Gasteiger partial charge in [-0.1, -0.05) is 12.1 Å². The highest BCUT2D eigenvalue weighted by Gasteiger charge is 2.33. The smallest absolute Gasteiger partial charge is 0.255 e. The van der Waals surface area contributed by atoms with Crippen LogP contribution in [0.3, 0.4) is 0 Å². The molecule has 1 heterocycles. The summed E-state index contributed by atoms with van der Waals surface area (Å²) in [6.07, 6.45) is 1.75. The molecule has 6 heteroatoms. The van der Waals surface area contributed by atoms with Gasteiger partial charge in [0.05, 0.1) is 10.8 Å². The van der Waals surface area contributed by atoms with Gasteiger partial charge < -0.3 is 4.90 Å². The van der Waals surface area contributed by atoms with Crippen molar-refractivity contribution in [3.05, 3.63) is 34.3 Å². The largest absolute Gasteiger partial charge is 0.337 e. The molecule has 1 aliphatic heterocycles. The van der Waals surface area contributed by atoms with Crippen molar-refractivity contribution in [2.24, 2.45) is 0 Å². The van der Waals surface area contributed by atoms with E-state index in [1.807, 2.05) is 6.07 Å². The van der Waals surface area contributed by atoms with Gasteiger partial charge in [0.25, 0.3) is 5.91 Å². The maximum atomic E-state index is 12.2. The molecule has 98 valence electrons. The van der Waals surface area contributed by atoms with E-state index in [0.29, 0.717) is 25.1 Å².